The molecule has 3 fully saturated rings. The third-order valence-electron chi connectivity index (χ3n) is 7.46. The lowest BCUT2D eigenvalue weighted by molar-refractivity contribution is -0.0985. The highest BCUT2D eigenvalue weighted by Crippen LogP contribution is 2.60. The van der Waals surface area contributed by atoms with Gasteiger partial charge in [0.1, 0.15) is 0 Å². The molecule has 0 aromatic rings. The fourth-order valence-corrected chi connectivity index (χ4v) is 6.74. The van der Waals surface area contributed by atoms with Gasteiger partial charge in [0.2, 0.25) is 0 Å². The van der Waals surface area contributed by atoms with E-state index in [0.717, 1.165) is 53.3 Å². The Labute approximate surface area is 127 Å². The van der Waals surface area contributed by atoms with Crippen molar-refractivity contribution in [2.75, 3.05) is 0 Å². The lowest BCUT2D eigenvalue weighted by Crippen LogP contribution is -2.52. The summed E-state index contributed by atoms with van der Waals surface area (Å²) in [5, 5.41) is 0. The highest BCUT2D eigenvalue weighted by molar-refractivity contribution is 5.01. The van der Waals surface area contributed by atoms with Gasteiger partial charge in [-0.2, -0.15) is 0 Å². The molecule has 0 heterocycles. The Hall–Kier alpha value is 0. The van der Waals surface area contributed by atoms with Gasteiger partial charge in [-0.1, -0.05) is 47.5 Å². The van der Waals surface area contributed by atoms with Crippen molar-refractivity contribution in [3.05, 3.63) is 0 Å². The maximum atomic E-state index is 2.58. The van der Waals surface area contributed by atoms with E-state index in [1.165, 1.54) is 25.7 Å². The van der Waals surface area contributed by atoms with Gasteiger partial charge in [-0.15, -0.1) is 0 Å². The molecule has 0 spiro atoms. The molecule has 8 atom stereocenters. The molecule has 116 valence electrons. The molecular weight excluding hydrogens is 240 g/mol. The van der Waals surface area contributed by atoms with E-state index in [2.05, 4.69) is 34.6 Å². The summed E-state index contributed by atoms with van der Waals surface area (Å²) in [5.74, 6) is 9.25. The molecule has 8 unspecified atom stereocenters. The average Bonchev–Trinajstić information content (AvgIpc) is 2.36. The van der Waals surface area contributed by atoms with Crippen molar-refractivity contribution in [1.82, 2.24) is 0 Å². The van der Waals surface area contributed by atoms with E-state index >= 15 is 0 Å². The van der Waals surface area contributed by atoms with Crippen molar-refractivity contribution >= 4 is 0 Å². The first kappa shape index (κ1) is 14.9. The first-order valence-electron chi connectivity index (χ1n) is 9.49. The van der Waals surface area contributed by atoms with Crippen molar-refractivity contribution in [3.8, 4) is 0 Å². The van der Waals surface area contributed by atoms with Gasteiger partial charge in [0.05, 0.1) is 0 Å². The van der Waals surface area contributed by atoms with Crippen LogP contribution in [0.3, 0.4) is 0 Å². The van der Waals surface area contributed by atoms with Gasteiger partial charge in [0.15, 0.2) is 0 Å². The lowest BCUT2D eigenvalue weighted by Gasteiger charge is -2.59. The molecule has 3 aliphatic carbocycles. The molecule has 0 saturated heterocycles. The maximum absolute atomic E-state index is 2.58. The van der Waals surface area contributed by atoms with Crippen LogP contribution in [0, 0.1) is 53.3 Å². The van der Waals surface area contributed by atoms with Crippen LogP contribution in [0.5, 0.6) is 0 Å². The first-order valence-corrected chi connectivity index (χ1v) is 9.49. The van der Waals surface area contributed by atoms with Gasteiger partial charge in [-0.25, -0.2) is 0 Å². The van der Waals surface area contributed by atoms with Crippen LogP contribution < -0.4 is 0 Å². The molecule has 0 aliphatic heterocycles. The fraction of sp³-hybridized carbons (Fsp3) is 1.00. The lowest BCUT2D eigenvalue weighted by atomic mass is 9.46. The van der Waals surface area contributed by atoms with E-state index in [1.54, 1.807) is 12.8 Å². The number of hydrogen-bond acceptors (Lipinski definition) is 0. The predicted molar refractivity (Wildman–Crippen MR) is 87.5 cm³/mol. The van der Waals surface area contributed by atoms with E-state index in [0.29, 0.717) is 0 Å². The van der Waals surface area contributed by atoms with Gasteiger partial charge < -0.3 is 0 Å². The molecule has 0 heteroatoms. The van der Waals surface area contributed by atoms with Gasteiger partial charge >= 0.3 is 0 Å². The second-order valence-electron chi connectivity index (χ2n) is 9.19. The Bertz CT molecular complexity index is 327. The monoisotopic (exact) mass is 276 g/mol. The molecular formula is C20H36. The van der Waals surface area contributed by atoms with E-state index < -0.39 is 0 Å². The van der Waals surface area contributed by atoms with Gasteiger partial charge in [-0.3, -0.25) is 0 Å². The summed E-state index contributed by atoms with van der Waals surface area (Å²) in [6.07, 6.45) is 9.15. The molecule has 0 bridgehead atoms. The Morgan fingerprint density at radius 1 is 0.750 bits per heavy atom. The smallest absolute Gasteiger partial charge is 0.0319 e. The van der Waals surface area contributed by atoms with Crippen LogP contribution in [-0.4, -0.2) is 0 Å². The number of hydrogen-bond donors (Lipinski definition) is 0. The third kappa shape index (κ3) is 2.46. The van der Waals surface area contributed by atoms with Crippen molar-refractivity contribution in [3.63, 3.8) is 0 Å². The normalized spacial score (nSPS) is 51.9. The van der Waals surface area contributed by atoms with Gasteiger partial charge in [0.25, 0.3) is 0 Å². The highest BCUT2D eigenvalue weighted by Gasteiger charge is 2.52. The quantitative estimate of drug-likeness (QED) is 0.579. The zero-order valence-corrected chi connectivity index (χ0v) is 14.4. The van der Waals surface area contributed by atoms with E-state index in [-0.39, 0.29) is 0 Å². The van der Waals surface area contributed by atoms with Crippen LogP contribution >= 0.6 is 0 Å². The maximum Gasteiger partial charge on any atom is -0.0319 e. The van der Waals surface area contributed by atoms with Crippen molar-refractivity contribution < 1.29 is 0 Å². The van der Waals surface area contributed by atoms with E-state index in [4.69, 9.17) is 0 Å². The Kier molecular flexibility index (Phi) is 4.22. The molecule has 0 amide bonds. The van der Waals surface area contributed by atoms with Crippen LogP contribution in [0.15, 0.2) is 0 Å². The summed E-state index contributed by atoms with van der Waals surface area (Å²) >= 11 is 0. The van der Waals surface area contributed by atoms with Crippen molar-refractivity contribution in [2.24, 2.45) is 53.3 Å². The summed E-state index contributed by atoms with van der Waals surface area (Å²) in [5.41, 5.74) is 0. The summed E-state index contributed by atoms with van der Waals surface area (Å²) in [6.45, 7) is 12.6. The zero-order chi connectivity index (χ0) is 14.4. The van der Waals surface area contributed by atoms with Crippen LogP contribution in [0.25, 0.3) is 0 Å². The zero-order valence-electron chi connectivity index (χ0n) is 14.4. The van der Waals surface area contributed by atoms with Crippen molar-refractivity contribution in [1.29, 1.82) is 0 Å². The van der Waals surface area contributed by atoms with Crippen LogP contribution in [0.2, 0.25) is 0 Å². The van der Waals surface area contributed by atoms with E-state index in [9.17, 15) is 0 Å². The van der Waals surface area contributed by atoms with Gasteiger partial charge in [-0.05, 0) is 78.9 Å². The molecule has 0 radical (unpaired) electrons. The van der Waals surface area contributed by atoms with Gasteiger partial charge in [0, 0.05) is 0 Å². The Morgan fingerprint density at radius 3 is 2.00 bits per heavy atom. The minimum atomic E-state index is 0.886. The highest BCUT2D eigenvalue weighted by atomic mass is 14.6. The second kappa shape index (κ2) is 5.65. The summed E-state index contributed by atoms with van der Waals surface area (Å²) in [4.78, 5) is 0. The minimum Gasteiger partial charge on any atom is -0.0628 e. The molecule has 0 aromatic heterocycles. The molecule has 0 aromatic carbocycles. The molecule has 3 saturated carbocycles. The van der Waals surface area contributed by atoms with E-state index in [1.807, 2.05) is 0 Å². The third-order valence-corrected chi connectivity index (χ3v) is 7.46. The average molecular weight is 277 g/mol. The summed E-state index contributed by atoms with van der Waals surface area (Å²) in [6, 6.07) is 0. The predicted octanol–water partition coefficient (Wildman–Crippen LogP) is 6.01. The minimum absolute atomic E-state index is 0.886. The van der Waals surface area contributed by atoms with Crippen LogP contribution in [0.4, 0.5) is 0 Å². The number of rotatable bonds is 2. The standard InChI is InChI=1S/C20H36/c1-12(2)10-16-11-15(5)18-8-6-13(3)17-9-7-14(4)19(16)20(17)18/h12-20H,6-11H2,1-5H3. The van der Waals surface area contributed by atoms with Crippen molar-refractivity contribution in [2.45, 2.75) is 73.1 Å². The molecule has 20 heavy (non-hydrogen) atoms. The summed E-state index contributed by atoms with van der Waals surface area (Å²) in [7, 11) is 0. The largest absolute Gasteiger partial charge is 0.0628 e. The molecule has 3 rings (SSSR count). The molecule has 3 aliphatic rings. The fourth-order valence-electron chi connectivity index (χ4n) is 6.74. The second-order valence-corrected chi connectivity index (χ2v) is 9.19. The molecule has 0 nitrogen and oxygen atoms in total. The molecule has 0 N–H and O–H groups in total. The SMILES string of the molecule is CC(C)CC1CC(C)C2CCC(C)C3CCC(C)C1C32. The summed E-state index contributed by atoms with van der Waals surface area (Å²) < 4.78 is 0. The van der Waals surface area contributed by atoms with Crippen LogP contribution in [0.1, 0.15) is 73.1 Å². The Balaban J connectivity index is 1.88. The topological polar surface area (TPSA) is 0 Å². The van der Waals surface area contributed by atoms with Crippen LogP contribution in [-0.2, 0) is 0 Å². The Morgan fingerprint density at radius 2 is 1.35 bits per heavy atom. The first-order chi connectivity index (χ1) is 9.49.